The Hall–Kier alpha value is -1.32. The summed E-state index contributed by atoms with van der Waals surface area (Å²) in [6, 6.07) is 5.56. The van der Waals surface area contributed by atoms with Crippen LogP contribution in [0.3, 0.4) is 0 Å². The highest BCUT2D eigenvalue weighted by molar-refractivity contribution is 7.13. The van der Waals surface area contributed by atoms with Crippen molar-refractivity contribution >= 4 is 40.2 Å². The fourth-order valence-corrected chi connectivity index (χ4v) is 3.33. The molecule has 1 amide bonds. The molecule has 0 radical (unpaired) electrons. The predicted molar refractivity (Wildman–Crippen MR) is 83.4 cm³/mol. The first-order valence-electron chi connectivity index (χ1n) is 5.90. The number of carbonyl (C=O) groups excluding carboxylic acids is 1. The summed E-state index contributed by atoms with van der Waals surface area (Å²) in [5, 5.41) is 13.8. The van der Waals surface area contributed by atoms with Crippen molar-refractivity contribution in [1.82, 2.24) is 5.32 Å². The maximum Gasteiger partial charge on any atom is 0.263 e. The molecule has 2 aromatic heterocycles. The van der Waals surface area contributed by atoms with Crippen LogP contribution >= 0.6 is 34.3 Å². The minimum Gasteiger partial charge on any atom is -0.395 e. The zero-order valence-corrected chi connectivity index (χ0v) is 12.9. The molecule has 6 heteroatoms. The second-order valence-corrected chi connectivity index (χ2v) is 6.31. The molecular weight excluding hydrogens is 314 g/mol. The Morgan fingerprint density at radius 3 is 2.95 bits per heavy atom. The highest BCUT2D eigenvalue weighted by atomic mass is 35.5. The summed E-state index contributed by atoms with van der Waals surface area (Å²) in [5.74, 6) is 5.67. The molecule has 2 N–H and O–H groups in total. The highest BCUT2D eigenvalue weighted by Crippen LogP contribution is 2.22. The fraction of sp³-hybridized carbons (Fsp3) is 0.214. The fourth-order valence-electron chi connectivity index (χ4n) is 1.45. The lowest BCUT2D eigenvalue weighted by atomic mass is 10.4. The largest absolute Gasteiger partial charge is 0.395 e. The van der Waals surface area contributed by atoms with E-state index in [-0.39, 0.29) is 12.5 Å². The van der Waals surface area contributed by atoms with Crippen LogP contribution < -0.4 is 5.32 Å². The molecule has 2 heterocycles. The van der Waals surface area contributed by atoms with Crippen molar-refractivity contribution < 1.29 is 9.90 Å². The molecule has 20 heavy (non-hydrogen) atoms. The van der Waals surface area contributed by atoms with Crippen LogP contribution in [0.5, 0.6) is 0 Å². The van der Waals surface area contributed by atoms with Crippen molar-refractivity contribution in [1.29, 1.82) is 0 Å². The number of halogens is 1. The first-order valence-corrected chi connectivity index (χ1v) is 7.97. The number of aliphatic hydroxyl groups excluding tert-OH is 1. The Morgan fingerprint density at radius 2 is 2.25 bits per heavy atom. The van der Waals surface area contributed by atoms with Gasteiger partial charge in [-0.1, -0.05) is 23.4 Å². The van der Waals surface area contributed by atoms with Gasteiger partial charge in [-0.3, -0.25) is 4.79 Å². The number of nitrogens with one attached hydrogen (secondary N) is 1. The van der Waals surface area contributed by atoms with Crippen LogP contribution in [0.15, 0.2) is 23.6 Å². The summed E-state index contributed by atoms with van der Waals surface area (Å²) in [6.45, 7) is 0.530. The predicted octanol–water partition coefficient (Wildman–Crippen LogP) is 3.13. The minimum absolute atomic E-state index is 0.0723. The molecule has 0 saturated heterocycles. The SMILES string of the molecule is O=C(NCc1ccc(C#CCCO)s1)c1sccc1Cl. The first-order chi connectivity index (χ1) is 9.70. The lowest BCUT2D eigenvalue weighted by molar-refractivity contribution is 0.0955. The van der Waals surface area contributed by atoms with Crippen LogP contribution in [0.25, 0.3) is 0 Å². The number of hydrogen-bond acceptors (Lipinski definition) is 4. The molecular formula is C14H12ClNO2S2. The molecule has 0 bridgehead atoms. The van der Waals surface area contributed by atoms with Gasteiger partial charge in [-0.25, -0.2) is 0 Å². The maximum absolute atomic E-state index is 11.9. The van der Waals surface area contributed by atoms with Gasteiger partial charge in [-0.2, -0.15) is 0 Å². The molecule has 2 aromatic rings. The quantitative estimate of drug-likeness (QED) is 0.848. The van der Waals surface area contributed by atoms with Gasteiger partial charge in [0.2, 0.25) is 0 Å². The average Bonchev–Trinajstić information content (AvgIpc) is 3.05. The van der Waals surface area contributed by atoms with E-state index in [4.69, 9.17) is 16.7 Å². The molecule has 0 aromatic carbocycles. The summed E-state index contributed by atoms with van der Waals surface area (Å²) in [7, 11) is 0. The Balaban J connectivity index is 1.90. The van der Waals surface area contributed by atoms with Crippen LogP contribution in [0.4, 0.5) is 0 Å². The van der Waals surface area contributed by atoms with E-state index in [2.05, 4.69) is 17.2 Å². The molecule has 2 rings (SSSR count). The standard InChI is InChI=1S/C14H12ClNO2S2/c15-12-6-8-19-13(12)14(18)16-9-11-5-4-10(20-11)3-1-2-7-17/h4-6,8,17H,2,7,9H2,(H,16,18). The normalized spacial score (nSPS) is 9.90. The Morgan fingerprint density at radius 1 is 1.40 bits per heavy atom. The van der Waals surface area contributed by atoms with Crippen molar-refractivity contribution in [3.63, 3.8) is 0 Å². The van der Waals surface area contributed by atoms with Crippen LogP contribution in [0.2, 0.25) is 5.02 Å². The molecule has 104 valence electrons. The zero-order valence-electron chi connectivity index (χ0n) is 10.5. The van der Waals surface area contributed by atoms with Crippen molar-refractivity contribution in [2.24, 2.45) is 0 Å². The summed E-state index contributed by atoms with van der Waals surface area (Å²) in [6.07, 6.45) is 0.473. The van der Waals surface area contributed by atoms with E-state index in [1.54, 1.807) is 11.4 Å². The van der Waals surface area contributed by atoms with Gasteiger partial charge in [0.1, 0.15) is 4.88 Å². The Labute approximate surface area is 130 Å². The number of rotatable bonds is 4. The van der Waals surface area contributed by atoms with Crippen LogP contribution in [0.1, 0.15) is 25.8 Å². The smallest absolute Gasteiger partial charge is 0.263 e. The van der Waals surface area contributed by atoms with E-state index in [1.165, 1.54) is 22.7 Å². The molecule has 0 aliphatic rings. The lowest BCUT2D eigenvalue weighted by Gasteiger charge is -2.01. The third kappa shape index (κ3) is 4.09. The molecule has 0 atom stereocenters. The van der Waals surface area contributed by atoms with Crippen molar-refractivity contribution in [2.75, 3.05) is 6.61 Å². The molecule has 0 aliphatic carbocycles. The number of carbonyl (C=O) groups is 1. The second kappa shape index (κ2) is 7.46. The molecule has 0 saturated carbocycles. The number of hydrogen-bond donors (Lipinski definition) is 2. The van der Waals surface area contributed by atoms with Crippen molar-refractivity contribution in [3.05, 3.63) is 43.2 Å². The van der Waals surface area contributed by atoms with Gasteiger partial charge in [0, 0.05) is 11.3 Å². The van der Waals surface area contributed by atoms with Gasteiger partial charge in [0.25, 0.3) is 5.91 Å². The van der Waals surface area contributed by atoms with Gasteiger partial charge < -0.3 is 10.4 Å². The highest BCUT2D eigenvalue weighted by Gasteiger charge is 2.11. The summed E-state index contributed by atoms with van der Waals surface area (Å²) in [5.41, 5.74) is 0. The molecule has 0 unspecified atom stereocenters. The van der Waals surface area contributed by atoms with E-state index in [0.717, 1.165) is 9.75 Å². The number of thiophene rings is 2. The maximum atomic E-state index is 11.9. The lowest BCUT2D eigenvalue weighted by Crippen LogP contribution is -2.21. The van der Waals surface area contributed by atoms with Gasteiger partial charge >= 0.3 is 0 Å². The average molecular weight is 326 g/mol. The van der Waals surface area contributed by atoms with E-state index in [9.17, 15) is 4.79 Å². The third-order valence-electron chi connectivity index (χ3n) is 2.36. The van der Waals surface area contributed by atoms with E-state index in [1.807, 2.05) is 12.1 Å². The van der Waals surface area contributed by atoms with E-state index < -0.39 is 0 Å². The third-order valence-corrected chi connectivity index (χ3v) is 4.70. The summed E-state index contributed by atoms with van der Waals surface area (Å²) < 4.78 is 0. The number of amides is 1. The van der Waals surface area contributed by atoms with Gasteiger partial charge in [-0.05, 0) is 23.6 Å². The zero-order chi connectivity index (χ0) is 14.4. The monoisotopic (exact) mass is 325 g/mol. The molecule has 0 spiro atoms. The Bertz CT molecular complexity index is 651. The van der Waals surface area contributed by atoms with Crippen LogP contribution in [-0.2, 0) is 6.54 Å². The first kappa shape index (κ1) is 15.1. The van der Waals surface area contributed by atoms with Gasteiger partial charge in [-0.15, -0.1) is 22.7 Å². The van der Waals surface area contributed by atoms with Gasteiger partial charge in [0.15, 0.2) is 0 Å². The number of aliphatic hydroxyl groups is 1. The van der Waals surface area contributed by atoms with E-state index in [0.29, 0.717) is 22.9 Å². The summed E-state index contributed by atoms with van der Waals surface area (Å²) in [4.78, 5) is 14.4. The second-order valence-electron chi connectivity index (χ2n) is 3.82. The molecule has 3 nitrogen and oxygen atoms in total. The van der Waals surface area contributed by atoms with Gasteiger partial charge in [0.05, 0.1) is 23.1 Å². The Kier molecular flexibility index (Phi) is 5.62. The molecule has 0 fully saturated rings. The van der Waals surface area contributed by atoms with Crippen LogP contribution in [0, 0.1) is 11.8 Å². The van der Waals surface area contributed by atoms with E-state index >= 15 is 0 Å². The van der Waals surface area contributed by atoms with Crippen molar-refractivity contribution in [3.8, 4) is 11.8 Å². The molecule has 0 aliphatic heterocycles. The topological polar surface area (TPSA) is 49.3 Å². The van der Waals surface area contributed by atoms with Crippen molar-refractivity contribution in [2.45, 2.75) is 13.0 Å². The van der Waals surface area contributed by atoms with Crippen LogP contribution in [-0.4, -0.2) is 17.6 Å². The summed E-state index contributed by atoms with van der Waals surface area (Å²) >= 11 is 8.76. The minimum atomic E-state index is -0.161.